The molecule has 16 nitrogen and oxygen atoms in total. The lowest BCUT2D eigenvalue weighted by Crippen LogP contribution is -2.30. The molecular formula is C89H154O16P2. The number of carbonyl (C=O) groups is 3. The van der Waals surface area contributed by atoms with E-state index in [1.54, 1.807) is 0 Å². The fourth-order valence-electron chi connectivity index (χ4n) is 11.5. The second-order valence-corrected chi connectivity index (χ2v) is 31.1. The third-order valence-electron chi connectivity index (χ3n) is 17.9. The molecule has 0 saturated heterocycles. The molecular weight excluding hydrogens is 1390 g/mol. The van der Waals surface area contributed by atoms with Crippen LogP contribution in [0.25, 0.3) is 0 Å². The van der Waals surface area contributed by atoms with Gasteiger partial charge >= 0.3 is 33.6 Å². The van der Waals surface area contributed by atoms with Crippen LogP contribution in [0.1, 0.15) is 355 Å². The molecule has 0 aromatic heterocycles. The number of hydrogen-bond donors (Lipinski definition) is 4. The largest absolute Gasteiger partial charge is 0.472 e. The van der Waals surface area contributed by atoms with Gasteiger partial charge in [0.25, 0.3) is 0 Å². The monoisotopic (exact) mass is 1540 g/mol. The van der Waals surface area contributed by atoms with Gasteiger partial charge in [0.1, 0.15) is 25.4 Å². The second kappa shape index (κ2) is 81.2. The van der Waals surface area contributed by atoms with Crippen LogP contribution in [-0.2, 0) is 55.8 Å². The molecule has 0 aromatic carbocycles. The summed E-state index contributed by atoms with van der Waals surface area (Å²) < 4.78 is 61.2. The molecule has 0 saturated carbocycles. The molecule has 0 heterocycles. The second-order valence-electron chi connectivity index (χ2n) is 28.2. The van der Waals surface area contributed by atoms with Gasteiger partial charge in [0.05, 0.1) is 26.4 Å². The Labute approximate surface area is 652 Å². The van der Waals surface area contributed by atoms with Crippen LogP contribution in [-0.4, -0.2) is 95.9 Å². The Morgan fingerprint density at radius 1 is 0.271 bits per heavy atom. The zero-order valence-corrected chi connectivity index (χ0v) is 69.3. The van der Waals surface area contributed by atoms with Crippen molar-refractivity contribution >= 4 is 33.6 Å². The van der Waals surface area contributed by atoms with E-state index in [4.69, 9.17) is 32.3 Å². The van der Waals surface area contributed by atoms with Crippen molar-refractivity contribution in [2.24, 2.45) is 0 Å². The van der Waals surface area contributed by atoms with Crippen LogP contribution in [0.3, 0.4) is 0 Å². The number of aliphatic hydroxyl groups is 2. The van der Waals surface area contributed by atoms with Gasteiger partial charge in [0.15, 0.2) is 6.10 Å². The number of phosphoric acid groups is 2. The number of allylic oxidation sites excluding steroid dienone is 22. The number of rotatable bonds is 80. The molecule has 0 aliphatic heterocycles. The minimum Gasteiger partial charge on any atom is -0.463 e. The molecule has 0 spiro atoms. The first-order valence-electron chi connectivity index (χ1n) is 42.5. The number of aliphatic hydroxyl groups excluding tert-OH is 2. The summed E-state index contributed by atoms with van der Waals surface area (Å²) in [5.74, 6) is -1.58. The first-order valence-corrected chi connectivity index (χ1v) is 45.5. The van der Waals surface area contributed by atoms with Crippen molar-refractivity contribution in [1.82, 2.24) is 0 Å². The van der Waals surface area contributed by atoms with Crippen LogP contribution < -0.4 is 0 Å². The molecule has 5 atom stereocenters. The summed E-state index contributed by atoms with van der Waals surface area (Å²) in [7, 11) is -9.79. The average Bonchev–Trinajstić information content (AvgIpc) is 0.906. The van der Waals surface area contributed by atoms with Gasteiger partial charge in [-0.25, -0.2) is 9.13 Å². The smallest absolute Gasteiger partial charge is 0.463 e. The van der Waals surface area contributed by atoms with E-state index < -0.39 is 91.5 Å². The summed E-state index contributed by atoms with van der Waals surface area (Å²) in [5, 5.41) is 20.7. The van der Waals surface area contributed by atoms with Crippen LogP contribution in [0.5, 0.6) is 0 Å². The molecule has 0 aliphatic carbocycles. The minimum absolute atomic E-state index is 0.102. The molecule has 0 aromatic rings. The zero-order valence-electron chi connectivity index (χ0n) is 67.5. The molecule has 107 heavy (non-hydrogen) atoms. The summed E-state index contributed by atoms with van der Waals surface area (Å²) >= 11 is 0. The van der Waals surface area contributed by atoms with E-state index >= 15 is 0 Å². The minimum atomic E-state index is -4.94. The molecule has 616 valence electrons. The molecule has 0 radical (unpaired) electrons. The van der Waals surface area contributed by atoms with E-state index in [9.17, 15) is 43.5 Å². The van der Waals surface area contributed by atoms with Crippen LogP contribution >= 0.6 is 15.6 Å². The van der Waals surface area contributed by atoms with Gasteiger partial charge in [0.2, 0.25) is 0 Å². The van der Waals surface area contributed by atoms with Crippen molar-refractivity contribution in [3.8, 4) is 0 Å². The summed E-state index contributed by atoms with van der Waals surface area (Å²) in [4.78, 5) is 58.7. The third-order valence-corrected chi connectivity index (χ3v) is 19.8. The van der Waals surface area contributed by atoms with Gasteiger partial charge in [-0.1, -0.05) is 353 Å². The first-order chi connectivity index (χ1) is 52.2. The Morgan fingerprint density at radius 2 is 0.495 bits per heavy atom. The molecule has 0 bridgehead atoms. The SMILES string of the molecule is CC/C=C\C/C=C\C/C=C\C/C=C\C/C=C\C/C=C\CCCCCCCCCCCCCCCCCCC(=O)OCC(O)COP(=O)(O)OCC(O)COP(=O)(O)OCC(COC(=O)CCCCCCC/C=C\C/C=C\C/C=C\C/C=C\C/C=C\CC)OC(=O)CCCCCCCCCCCCCCCCC. The van der Waals surface area contributed by atoms with E-state index in [0.29, 0.717) is 19.3 Å². The molecule has 5 unspecified atom stereocenters. The molecule has 0 fully saturated rings. The zero-order chi connectivity index (χ0) is 78.0. The van der Waals surface area contributed by atoms with E-state index in [2.05, 4.69) is 154 Å². The number of hydrogen-bond acceptors (Lipinski definition) is 14. The normalized spacial score (nSPS) is 14.6. The van der Waals surface area contributed by atoms with Gasteiger partial charge in [-0.3, -0.25) is 32.5 Å². The lowest BCUT2D eigenvalue weighted by molar-refractivity contribution is -0.161. The number of carbonyl (C=O) groups excluding carboxylic acids is 3. The highest BCUT2D eigenvalue weighted by molar-refractivity contribution is 7.47. The Kier molecular flexibility index (Phi) is 77.9. The van der Waals surface area contributed by atoms with Crippen molar-refractivity contribution in [3.63, 3.8) is 0 Å². The van der Waals surface area contributed by atoms with Gasteiger partial charge in [-0.15, -0.1) is 0 Å². The average molecular weight is 1540 g/mol. The molecule has 0 rings (SSSR count). The van der Waals surface area contributed by atoms with Crippen molar-refractivity contribution in [2.45, 2.75) is 373 Å². The third kappa shape index (κ3) is 82.5. The Balaban J connectivity index is 4.43. The highest BCUT2D eigenvalue weighted by Crippen LogP contribution is 2.45. The Bertz CT molecular complexity index is 2480. The molecule has 18 heteroatoms. The van der Waals surface area contributed by atoms with Crippen LogP contribution in [0.2, 0.25) is 0 Å². The predicted octanol–water partition coefficient (Wildman–Crippen LogP) is 25.4. The summed E-state index contributed by atoms with van der Waals surface area (Å²) in [6, 6.07) is 0. The maximum atomic E-state index is 13.0. The first kappa shape index (κ1) is 103. The van der Waals surface area contributed by atoms with Crippen LogP contribution in [0, 0.1) is 0 Å². The molecule has 0 aliphatic rings. The summed E-state index contributed by atoms with van der Waals surface area (Å²) in [6.07, 6.45) is 99.4. The summed E-state index contributed by atoms with van der Waals surface area (Å²) in [6.45, 7) is 2.47. The number of esters is 3. The van der Waals surface area contributed by atoms with Crippen molar-refractivity contribution in [1.29, 1.82) is 0 Å². The lowest BCUT2D eigenvalue weighted by atomic mass is 10.0. The fourth-order valence-corrected chi connectivity index (χ4v) is 13.1. The quantitative estimate of drug-likeness (QED) is 0.0146. The Morgan fingerprint density at radius 3 is 0.785 bits per heavy atom. The predicted molar refractivity (Wildman–Crippen MR) is 445 cm³/mol. The number of unbranched alkanes of at least 4 members (excludes halogenated alkanes) is 35. The Hall–Kier alpha value is -4.31. The van der Waals surface area contributed by atoms with Crippen molar-refractivity contribution in [3.05, 3.63) is 134 Å². The summed E-state index contributed by atoms with van der Waals surface area (Å²) in [5.41, 5.74) is 0. The van der Waals surface area contributed by atoms with E-state index in [-0.39, 0.29) is 19.3 Å². The van der Waals surface area contributed by atoms with E-state index in [1.165, 1.54) is 148 Å². The van der Waals surface area contributed by atoms with Gasteiger partial charge in [-0.05, 0) is 116 Å². The van der Waals surface area contributed by atoms with Crippen molar-refractivity contribution < 1.29 is 75.8 Å². The lowest BCUT2D eigenvalue weighted by Gasteiger charge is -2.21. The van der Waals surface area contributed by atoms with Crippen LogP contribution in [0.4, 0.5) is 0 Å². The maximum absolute atomic E-state index is 13.0. The van der Waals surface area contributed by atoms with E-state index in [0.717, 1.165) is 148 Å². The highest BCUT2D eigenvalue weighted by Gasteiger charge is 2.29. The topological polar surface area (TPSA) is 231 Å². The van der Waals surface area contributed by atoms with Gasteiger partial charge in [0, 0.05) is 19.3 Å². The maximum Gasteiger partial charge on any atom is 0.472 e. The van der Waals surface area contributed by atoms with Gasteiger partial charge in [-0.2, -0.15) is 0 Å². The molecule has 0 amide bonds. The fraction of sp³-hybridized carbons (Fsp3) is 0.719. The van der Waals surface area contributed by atoms with Crippen molar-refractivity contribution in [2.75, 3.05) is 39.6 Å². The number of ether oxygens (including phenoxy) is 3. The van der Waals surface area contributed by atoms with E-state index in [1.807, 2.05) is 0 Å². The standard InChI is InChI=1S/C89H154O16P2/c1-4-7-10-13-16-19-22-25-28-30-32-34-35-36-37-38-39-40-41-42-43-44-45-46-47-49-51-52-55-57-60-63-66-69-72-75-87(92)99-78-84(90)79-101-106(95,96)102-80-85(91)81-103-107(97,98)104-83-86(105-89(94)77-74-71-68-65-62-59-54-27-24-21-18-15-12-9-6-3)82-100-88(93)76-73-70-67-64-61-58-56-53-50-48-33-31-29-26-23-20-17-14-11-8-5-2/h7-8,10-11,16-17,19-20,25-26,28-29,32-34,36-37,39-40,48,53,56,84-86,90-91H,4-6,9,12-15,18,21-24,27,30-31,35,38,41-47,49-52,54-55,57-83H2,1-3H3,(H,95,96)(H,97,98)/b10-7-,11-8-,19-16-,20-17-,28-25-,29-26-,34-32-,37-36-,40-39-,48-33-,56-53-. The van der Waals surface area contributed by atoms with Crippen LogP contribution in [0.15, 0.2) is 134 Å². The molecule has 4 N–H and O–H groups in total. The van der Waals surface area contributed by atoms with Gasteiger partial charge < -0.3 is 34.2 Å². The highest BCUT2D eigenvalue weighted by atomic mass is 31.2. The number of phosphoric ester groups is 2.